The number of fused-ring (bicyclic) bond motifs is 1. The standard InChI is InChI=1S/C12H14N6O2/c1-6(2)5-18-10-8(11(19)17-12(18)20)15-9(16-10)7-3-13-14-4-7/h3-4,6H,5H2,1-2H3,(H,13,14)(H,15,16)(H,17,19,20). The van der Waals surface area contributed by atoms with Crippen LogP contribution in [0.4, 0.5) is 0 Å². The van der Waals surface area contributed by atoms with Crippen LogP contribution in [0.3, 0.4) is 0 Å². The Hall–Kier alpha value is -2.64. The van der Waals surface area contributed by atoms with Gasteiger partial charge < -0.3 is 4.98 Å². The van der Waals surface area contributed by atoms with Crippen LogP contribution >= 0.6 is 0 Å². The first-order valence-corrected chi connectivity index (χ1v) is 6.28. The van der Waals surface area contributed by atoms with Gasteiger partial charge in [-0.25, -0.2) is 9.78 Å². The van der Waals surface area contributed by atoms with Crippen LogP contribution in [0.15, 0.2) is 22.0 Å². The maximum absolute atomic E-state index is 11.9. The SMILES string of the molecule is CC(C)Cn1c(=O)[nH]c(=O)c2[nH]c(-c3cn[nH]c3)nc21. The Morgan fingerprint density at radius 2 is 2.10 bits per heavy atom. The molecule has 3 aromatic rings. The lowest BCUT2D eigenvalue weighted by atomic mass is 10.2. The number of H-pyrrole nitrogens is 3. The molecule has 0 atom stereocenters. The minimum absolute atomic E-state index is 0.260. The summed E-state index contributed by atoms with van der Waals surface area (Å²) in [6.07, 6.45) is 3.26. The molecule has 0 aliphatic carbocycles. The molecule has 8 nitrogen and oxygen atoms in total. The molecule has 0 spiro atoms. The van der Waals surface area contributed by atoms with Crippen molar-refractivity contribution >= 4 is 11.2 Å². The molecule has 0 aliphatic rings. The Morgan fingerprint density at radius 3 is 2.75 bits per heavy atom. The first-order valence-electron chi connectivity index (χ1n) is 6.28. The minimum atomic E-state index is -0.466. The van der Waals surface area contributed by atoms with Crippen LogP contribution in [0.2, 0.25) is 0 Å². The van der Waals surface area contributed by atoms with Crippen molar-refractivity contribution in [2.24, 2.45) is 5.92 Å². The monoisotopic (exact) mass is 274 g/mol. The first kappa shape index (κ1) is 12.4. The van der Waals surface area contributed by atoms with Gasteiger partial charge in [0, 0.05) is 12.7 Å². The van der Waals surface area contributed by atoms with E-state index in [2.05, 4.69) is 25.1 Å². The zero-order valence-electron chi connectivity index (χ0n) is 11.1. The van der Waals surface area contributed by atoms with Gasteiger partial charge in [-0.15, -0.1) is 0 Å². The van der Waals surface area contributed by atoms with E-state index in [1.165, 1.54) is 4.57 Å². The van der Waals surface area contributed by atoms with Crippen LogP contribution in [-0.4, -0.2) is 29.7 Å². The molecule has 20 heavy (non-hydrogen) atoms. The predicted octanol–water partition coefficient (Wildman–Crippen LogP) is 0.459. The Bertz CT molecular complexity index is 852. The number of hydrogen-bond donors (Lipinski definition) is 3. The van der Waals surface area contributed by atoms with Gasteiger partial charge in [-0.2, -0.15) is 5.10 Å². The summed E-state index contributed by atoms with van der Waals surface area (Å²) in [5.41, 5.74) is 0.475. The second kappa shape index (κ2) is 4.48. The predicted molar refractivity (Wildman–Crippen MR) is 73.4 cm³/mol. The molecule has 8 heteroatoms. The number of hydrogen-bond acceptors (Lipinski definition) is 4. The summed E-state index contributed by atoms with van der Waals surface area (Å²) < 4.78 is 1.47. The van der Waals surface area contributed by atoms with Crippen molar-refractivity contribution in [3.05, 3.63) is 33.2 Å². The lowest BCUT2D eigenvalue weighted by Crippen LogP contribution is -2.31. The molecular formula is C12H14N6O2. The zero-order chi connectivity index (χ0) is 14.3. The maximum Gasteiger partial charge on any atom is 0.330 e. The summed E-state index contributed by atoms with van der Waals surface area (Å²) in [5, 5.41) is 6.52. The van der Waals surface area contributed by atoms with Crippen molar-refractivity contribution in [2.75, 3.05) is 0 Å². The molecule has 0 amide bonds. The molecule has 0 fully saturated rings. The second-order valence-corrected chi connectivity index (χ2v) is 5.03. The second-order valence-electron chi connectivity index (χ2n) is 5.03. The molecule has 0 bridgehead atoms. The summed E-state index contributed by atoms with van der Waals surface area (Å²) in [6, 6.07) is 0. The third-order valence-electron chi connectivity index (χ3n) is 2.95. The van der Waals surface area contributed by atoms with E-state index in [0.717, 1.165) is 5.56 Å². The van der Waals surface area contributed by atoms with E-state index >= 15 is 0 Å². The molecule has 0 saturated heterocycles. The Labute approximate surface area is 112 Å². The van der Waals surface area contributed by atoms with Gasteiger partial charge in [-0.1, -0.05) is 13.8 Å². The highest BCUT2D eigenvalue weighted by atomic mass is 16.2. The molecule has 0 unspecified atom stereocenters. The fraction of sp³-hybridized carbons (Fsp3) is 0.333. The van der Waals surface area contributed by atoms with Crippen molar-refractivity contribution < 1.29 is 0 Å². The topological polar surface area (TPSA) is 112 Å². The van der Waals surface area contributed by atoms with E-state index < -0.39 is 11.2 Å². The number of nitrogens with one attached hydrogen (secondary N) is 3. The fourth-order valence-electron chi connectivity index (χ4n) is 2.09. The van der Waals surface area contributed by atoms with Gasteiger partial charge >= 0.3 is 5.69 Å². The Kier molecular flexibility index (Phi) is 2.78. The van der Waals surface area contributed by atoms with Gasteiger partial charge in [0.05, 0.1) is 11.8 Å². The molecule has 3 heterocycles. The number of rotatable bonds is 3. The third-order valence-corrected chi connectivity index (χ3v) is 2.95. The van der Waals surface area contributed by atoms with Crippen molar-refractivity contribution in [1.29, 1.82) is 0 Å². The molecule has 3 N–H and O–H groups in total. The summed E-state index contributed by atoms with van der Waals surface area (Å²) in [5.74, 6) is 0.762. The van der Waals surface area contributed by atoms with Crippen LogP contribution in [0.5, 0.6) is 0 Å². The maximum atomic E-state index is 11.9. The van der Waals surface area contributed by atoms with E-state index in [-0.39, 0.29) is 5.92 Å². The lowest BCUT2D eigenvalue weighted by Gasteiger charge is -2.07. The Morgan fingerprint density at radius 1 is 1.30 bits per heavy atom. The van der Waals surface area contributed by atoms with Crippen molar-refractivity contribution in [1.82, 2.24) is 29.7 Å². The van der Waals surface area contributed by atoms with E-state index in [1.807, 2.05) is 13.8 Å². The van der Waals surface area contributed by atoms with Crippen LogP contribution in [0.25, 0.3) is 22.6 Å². The van der Waals surface area contributed by atoms with Crippen LogP contribution in [-0.2, 0) is 6.54 Å². The van der Waals surface area contributed by atoms with Crippen molar-refractivity contribution in [2.45, 2.75) is 20.4 Å². The molecule has 0 aliphatic heterocycles. The quantitative estimate of drug-likeness (QED) is 0.644. The van der Waals surface area contributed by atoms with Gasteiger partial charge in [0.1, 0.15) is 11.3 Å². The summed E-state index contributed by atoms with van der Waals surface area (Å²) in [7, 11) is 0. The molecule has 0 radical (unpaired) electrons. The van der Waals surface area contributed by atoms with Gasteiger partial charge in [-0.3, -0.25) is 19.4 Å². The Balaban J connectivity index is 2.29. The number of aromatic amines is 3. The van der Waals surface area contributed by atoms with Gasteiger partial charge in [0.15, 0.2) is 5.65 Å². The summed E-state index contributed by atoms with van der Waals surface area (Å²) >= 11 is 0. The average molecular weight is 274 g/mol. The van der Waals surface area contributed by atoms with E-state index in [4.69, 9.17) is 0 Å². The van der Waals surface area contributed by atoms with Crippen molar-refractivity contribution in [3.8, 4) is 11.4 Å². The van der Waals surface area contributed by atoms with E-state index in [9.17, 15) is 9.59 Å². The molecule has 0 saturated carbocycles. The van der Waals surface area contributed by atoms with Crippen molar-refractivity contribution in [3.63, 3.8) is 0 Å². The number of nitrogens with zero attached hydrogens (tertiary/aromatic N) is 3. The molecule has 0 aromatic carbocycles. The molecular weight excluding hydrogens is 260 g/mol. The summed E-state index contributed by atoms with van der Waals surface area (Å²) in [6.45, 7) is 4.47. The van der Waals surface area contributed by atoms with Gasteiger partial charge in [0.2, 0.25) is 0 Å². The zero-order valence-corrected chi connectivity index (χ0v) is 11.1. The fourth-order valence-corrected chi connectivity index (χ4v) is 2.09. The third kappa shape index (κ3) is 1.94. The van der Waals surface area contributed by atoms with Crippen LogP contribution in [0.1, 0.15) is 13.8 Å². The molecule has 3 aromatic heterocycles. The molecule has 104 valence electrons. The number of aromatic nitrogens is 6. The smallest absolute Gasteiger partial charge is 0.330 e. The molecule has 3 rings (SSSR count). The minimum Gasteiger partial charge on any atom is -0.332 e. The highest BCUT2D eigenvalue weighted by molar-refractivity contribution is 5.74. The lowest BCUT2D eigenvalue weighted by molar-refractivity contribution is 0.513. The summed E-state index contributed by atoms with van der Waals surface area (Å²) in [4.78, 5) is 33.4. The first-order chi connectivity index (χ1) is 9.56. The average Bonchev–Trinajstić information content (AvgIpc) is 3.02. The largest absolute Gasteiger partial charge is 0.332 e. The van der Waals surface area contributed by atoms with Gasteiger partial charge in [0.25, 0.3) is 5.56 Å². The highest BCUT2D eigenvalue weighted by Gasteiger charge is 2.14. The van der Waals surface area contributed by atoms with Crippen LogP contribution < -0.4 is 11.2 Å². The van der Waals surface area contributed by atoms with E-state index in [0.29, 0.717) is 23.5 Å². The normalized spacial score (nSPS) is 11.6. The van der Waals surface area contributed by atoms with Crippen LogP contribution in [0, 0.1) is 5.92 Å². The number of imidazole rings is 1. The van der Waals surface area contributed by atoms with Gasteiger partial charge in [-0.05, 0) is 5.92 Å². The highest BCUT2D eigenvalue weighted by Crippen LogP contribution is 2.16. The van der Waals surface area contributed by atoms with E-state index in [1.54, 1.807) is 12.4 Å².